The van der Waals surface area contributed by atoms with Crippen LogP contribution < -0.4 is 5.32 Å². The smallest absolute Gasteiger partial charge is 0.338 e. The molecule has 1 amide bonds. The number of anilines is 1. The first-order valence-electron chi connectivity index (χ1n) is 7.36. The molecule has 1 atom stereocenters. The molecule has 2 aromatic rings. The number of carbonyl (C=O) groups excluding carboxylic acids is 3. The number of ketones is 1. The molecule has 0 aliphatic rings. The summed E-state index contributed by atoms with van der Waals surface area (Å²) < 4.78 is 5.13. The molecule has 0 unspecified atom stereocenters. The highest BCUT2D eigenvalue weighted by Crippen LogP contribution is 2.23. The van der Waals surface area contributed by atoms with Crippen LogP contribution in [0.25, 0.3) is 0 Å². The van der Waals surface area contributed by atoms with E-state index >= 15 is 0 Å². The van der Waals surface area contributed by atoms with Gasteiger partial charge < -0.3 is 10.1 Å². The summed E-state index contributed by atoms with van der Waals surface area (Å²) in [5.74, 6) is -1.44. The Morgan fingerprint density at radius 1 is 1.04 bits per heavy atom. The third-order valence-electron chi connectivity index (χ3n) is 3.37. The minimum absolute atomic E-state index is 0.179. The van der Waals surface area contributed by atoms with E-state index in [0.29, 0.717) is 16.3 Å². The van der Waals surface area contributed by atoms with Gasteiger partial charge in [-0.2, -0.15) is 0 Å². The highest BCUT2D eigenvalue weighted by atomic mass is 35.5. The number of carbonyl (C=O) groups is 3. The number of para-hydroxylation sites is 1. The summed E-state index contributed by atoms with van der Waals surface area (Å²) in [6, 6.07) is 10.9. The van der Waals surface area contributed by atoms with E-state index in [1.807, 2.05) is 0 Å². The Morgan fingerprint density at radius 2 is 1.72 bits per heavy atom. The largest absolute Gasteiger partial charge is 0.449 e. The molecule has 5 nitrogen and oxygen atoms in total. The monoisotopic (exact) mass is 379 g/mol. The van der Waals surface area contributed by atoms with Crippen molar-refractivity contribution in [3.63, 3.8) is 0 Å². The molecule has 1 N–H and O–H groups in total. The molecule has 0 heterocycles. The van der Waals surface area contributed by atoms with Crippen LogP contribution >= 0.6 is 23.2 Å². The van der Waals surface area contributed by atoms with Gasteiger partial charge >= 0.3 is 5.97 Å². The lowest BCUT2D eigenvalue weighted by Gasteiger charge is -2.15. The number of halogens is 2. The third kappa shape index (κ3) is 4.81. The maximum Gasteiger partial charge on any atom is 0.338 e. The molecular weight excluding hydrogens is 365 g/mol. The first-order chi connectivity index (χ1) is 11.8. The zero-order chi connectivity index (χ0) is 18.6. The number of Topliss-reactive ketones (excluding diaryl/α,β-unsaturated/α-hetero) is 1. The van der Waals surface area contributed by atoms with Crippen LogP contribution in [-0.2, 0) is 9.53 Å². The summed E-state index contributed by atoms with van der Waals surface area (Å²) in [6.45, 7) is 2.83. The Hall–Kier alpha value is -2.37. The molecule has 130 valence electrons. The summed E-state index contributed by atoms with van der Waals surface area (Å²) in [5.41, 5.74) is 0.912. The molecule has 2 rings (SSSR count). The van der Waals surface area contributed by atoms with Gasteiger partial charge in [-0.1, -0.05) is 35.3 Å². The van der Waals surface area contributed by atoms with Gasteiger partial charge in [-0.25, -0.2) is 4.79 Å². The van der Waals surface area contributed by atoms with Crippen molar-refractivity contribution in [3.8, 4) is 0 Å². The summed E-state index contributed by atoms with van der Waals surface area (Å²) in [6.07, 6.45) is -1.07. The lowest BCUT2D eigenvalue weighted by molar-refractivity contribution is -0.123. The molecule has 0 bridgehead atoms. The molecule has 25 heavy (non-hydrogen) atoms. The molecule has 0 aliphatic carbocycles. The van der Waals surface area contributed by atoms with Crippen LogP contribution in [0.3, 0.4) is 0 Å². The minimum atomic E-state index is -1.07. The maximum absolute atomic E-state index is 12.2. The molecule has 2 aromatic carbocycles. The Morgan fingerprint density at radius 3 is 2.36 bits per heavy atom. The normalized spacial score (nSPS) is 11.5. The van der Waals surface area contributed by atoms with E-state index in [2.05, 4.69) is 5.32 Å². The number of hydrogen-bond acceptors (Lipinski definition) is 4. The van der Waals surface area contributed by atoms with Crippen molar-refractivity contribution in [1.29, 1.82) is 0 Å². The number of esters is 1. The van der Waals surface area contributed by atoms with Gasteiger partial charge in [0.1, 0.15) is 0 Å². The Bertz CT molecular complexity index is 836. The average molecular weight is 380 g/mol. The maximum atomic E-state index is 12.2. The molecule has 0 spiro atoms. The molecule has 0 radical (unpaired) electrons. The van der Waals surface area contributed by atoms with Crippen molar-refractivity contribution in [1.82, 2.24) is 0 Å². The molecular formula is C18H15Cl2NO4. The van der Waals surface area contributed by atoms with Crippen molar-refractivity contribution >= 4 is 46.5 Å². The van der Waals surface area contributed by atoms with Crippen LogP contribution in [-0.4, -0.2) is 23.8 Å². The number of hydrogen-bond donors (Lipinski definition) is 1. The average Bonchev–Trinajstić information content (AvgIpc) is 2.57. The predicted molar refractivity (Wildman–Crippen MR) is 96.4 cm³/mol. The number of benzene rings is 2. The second-order valence-electron chi connectivity index (χ2n) is 5.27. The van der Waals surface area contributed by atoms with Crippen molar-refractivity contribution in [3.05, 3.63) is 63.6 Å². The lowest BCUT2D eigenvalue weighted by atomic mass is 10.1. The highest BCUT2D eigenvalue weighted by Gasteiger charge is 2.21. The summed E-state index contributed by atoms with van der Waals surface area (Å²) >= 11 is 11.7. The van der Waals surface area contributed by atoms with E-state index in [4.69, 9.17) is 27.9 Å². The Balaban J connectivity index is 2.06. The first-order valence-corrected chi connectivity index (χ1v) is 8.12. The van der Waals surface area contributed by atoms with Crippen molar-refractivity contribution < 1.29 is 19.1 Å². The molecule has 7 heteroatoms. The quantitative estimate of drug-likeness (QED) is 0.617. The van der Waals surface area contributed by atoms with E-state index in [1.165, 1.54) is 32.0 Å². The van der Waals surface area contributed by atoms with Gasteiger partial charge in [0.15, 0.2) is 11.9 Å². The second-order valence-corrected chi connectivity index (χ2v) is 6.08. The molecule has 0 saturated heterocycles. The summed E-state index contributed by atoms with van der Waals surface area (Å²) in [7, 11) is 0. The minimum Gasteiger partial charge on any atom is -0.449 e. The van der Waals surface area contributed by atoms with Crippen LogP contribution in [0.15, 0.2) is 42.5 Å². The number of ether oxygens (including phenoxy) is 1. The third-order valence-corrected chi connectivity index (χ3v) is 4.11. The van der Waals surface area contributed by atoms with Crippen LogP contribution in [0.5, 0.6) is 0 Å². The van der Waals surface area contributed by atoms with Gasteiger partial charge in [0.2, 0.25) is 0 Å². The van der Waals surface area contributed by atoms with E-state index in [1.54, 1.807) is 24.3 Å². The van der Waals surface area contributed by atoms with Gasteiger partial charge in [-0.05, 0) is 44.2 Å². The topological polar surface area (TPSA) is 72.5 Å². The number of nitrogens with one attached hydrogen (secondary N) is 1. The fourth-order valence-electron chi connectivity index (χ4n) is 2.04. The van der Waals surface area contributed by atoms with Crippen molar-refractivity contribution in [2.45, 2.75) is 20.0 Å². The first kappa shape index (κ1) is 19.0. The van der Waals surface area contributed by atoms with Gasteiger partial charge in [-0.15, -0.1) is 0 Å². The van der Waals surface area contributed by atoms with Gasteiger partial charge in [0.05, 0.1) is 21.3 Å². The van der Waals surface area contributed by atoms with Gasteiger partial charge in [0.25, 0.3) is 5.91 Å². The second kappa shape index (κ2) is 8.14. The van der Waals surface area contributed by atoms with E-state index in [-0.39, 0.29) is 16.4 Å². The van der Waals surface area contributed by atoms with Crippen molar-refractivity contribution in [2.24, 2.45) is 0 Å². The number of amides is 1. The summed E-state index contributed by atoms with van der Waals surface area (Å²) in [5, 5.41) is 3.11. The van der Waals surface area contributed by atoms with E-state index in [0.717, 1.165) is 0 Å². The molecule has 0 fully saturated rings. The fourth-order valence-corrected chi connectivity index (χ4v) is 2.34. The van der Waals surface area contributed by atoms with Crippen LogP contribution in [0.4, 0.5) is 5.69 Å². The fraction of sp³-hybridized carbons (Fsp3) is 0.167. The van der Waals surface area contributed by atoms with Crippen LogP contribution in [0, 0.1) is 0 Å². The predicted octanol–water partition coefficient (Wildman–Crippen LogP) is 4.38. The van der Waals surface area contributed by atoms with E-state index in [9.17, 15) is 14.4 Å². The molecule has 0 saturated carbocycles. The highest BCUT2D eigenvalue weighted by molar-refractivity contribution is 6.42. The van der Waals surface area contributed by atoms with E-state index < -0.39 is 18.0 Å². The zero-order valence-electron chi connectivity index (χ0n) is 13.5. The standard InChI is InChI=1S/C18H15Cl2NO4/c1-10(22)13-5-3-4-6-16(13)21-17(23)11(2)25-18(24)12-7-8-14(19)15(20)9-12/h3-9,11H,1-2H3,(H,21,23)/t11-/m1/s1. The molecule has 0 aliphatic heterocycles. The van der Waals surface area contributed by atoms with Crippen LogP contribution in [0.2, 0.25) is 10.0 Å². The zero-order valence-corrected chi connectivity index (χ0v) is 15.0. The summed E-state index contributed by atoms with van der Waals surface area (Å²) in [4.78, 5) is 35.9. The molecule has 0 aromatic heterocycles. The Kier molecular flexibility index (Phi) is 6.17. The SMILES string of the molecule is CC(=O)c1ccccc1NC(=O)[C@@H](C)OC(=O)c1ccc(Cl)c(Cl)c1. The lowest BCUT2D eigenvalue weighted by Crippen LogP contribution is -2.30. The number of rotatable bonds is 5. The van der Waals surface area contributed by atoms with Crippen LogP contribution in [0.1, 0.15) is 34.6 Å². The van der Waals surface area contributed by atoms with Gasteiger partial charge in [-0.3, -0.25) is 9.59 Å². The van der Waals surface area contributed by atoms with Crippen molar-refractivity contribution in [2.75, 3.05) is 5.32 Å². The Labute approximate surface area is 154 Å². The van der Waals surface area contributed by atoms with Gasteiger partial charge in [0, 0.05) is 5.56 Å².